The lowest BCUT2D eigenvalue weighted by Gasteiger charge is -2.34. The summed E-state index contributed by atoms with van der Waals surface area (Å²) in [5, 5.41) is 0. The van der Waals surface area contributed by atoms with Gasteiger partial charge in [-0.15, -0.1) is 0 Å². The first kappa shape index (κ1) is 21.1. The summed E-state index contributed by atoms with van der Waals surface area (Å²) < 4.78 is 0. The molecule has 2 aromatic carbocycles. The molecule has 0 amide bonds. The summed E-state index contributed by atoms with van der Waals surface area (Å²) in [6.07, 6.45) is 10.5. The van der Waals surface area contributed by atoms with Crippen molar-refractivity contribution in [3.8, 4) is 0 Å². The molecule has 152 valence electrons. The van der Waals surface area contributed by atoms with Gasteiger partial charge >= 0.3 is 0 Å². The molecule has 2 aromatic rings. The van der Waals surface area contributed by atoms with Crippen molar-refractivity contribution in [2.75, 3.05) is 39.3 Å². The van der Waals surface area contributed by atoms with Crippen molar-refractivity contribution < 1.29 is 0 Å². The van der Waals surface area contributed by atoms with E-state index in [0.717, 1.165) is 0 Å². The zero-order chi connectivity index (χ0) is 19.3. The molecule has 1 aliphatic heterocycles. The van der Waals surface area contributed by atoms with Gasteiger partial charge in [-0.2, -0.15) is 0 Å². The second-order valence-corrected chi connectivity index (χ2v) is 8.28. The van der Waals surface area contributed by atoms with Gasteiger partial charge in [0.25, 0.3) is 0 Å². The Morgan fingerprint density at radius 1 is 0.464 bits per heavy atom. The first-order chi connectivity index (χ1) is 13.9. The average Bonchev–Trinajstić information content (AvgIpc) is 2.76. The molecule has 0 N–H and O–H groups in total. The average molecular weight is 379 g/mol. The fourth-order valence-electron chi connectivity index (χ4n) is 4.21. The Hall–Kier alpha value is -1.64. The van der Waals surface area contributed by atoms with Gasteiger partial charge in [0.05, 0.1) is 0 Å². The number of benzene rings is 2. The molecule has 3 rings (SSSR count). The summed E-state index contributed by atoms with van der Waals surface area (Å²) in [5.74, 6) is 0. The maximum absolute atomic E-state index is 2.68. The summed E-state index contributed by atoms with van der Waals surface area (Å²) in [5.41, 5.74) is 2.97. The smallest absolute Gasteiger partial charge is 0.0110 e. The third-order valence-electron chi connectivity index (χ3n) is 6.03. The van der Waals surface area contributed by atoms with Crippen LogP contribution in [0.15, 0.2) is 60.7 Å². The Balaban J connectivity index is 1.16. The van der Waals surface area contributed by atoms with Crippen LogP contribution in [0, 0.1) is 0 Å². The van der Waals surface area contributed by atoms with Crippen LogP contribution in [0.2, 0.25) is 0 Å². The van der Waals surface area contributed by atoms with Crippen molar-refractivity contribution in [3.63, 3.8) is 0 Å². The van der Waals surface area contributed by atoms with Crippen LogP contribution in [-0.2, 0) is 12.8 Å². The van der Waals surface area contributed by atoms with Crippen LogP contribution in [0.5, 0.6) is 0 Å². The second-order valence-electron chi connectivity index (χ2n) is 8.28. The highest BCUT2D eigenvalue weighted by Gasteiger charge is 2.15. The Labute approximate surface area is 172 Å². The lowest BCUT2D eigenvalue weighted by Crippen LogP contribution is -2.46. The Bertz CT molecular complexity index is 560. The van der Waals surface area contributed by atoms with E-state index in [2.05, 4.69) is 70.5 Å². The summed E-state index contributed by atoms with van der Waals surface area (Å²) in [6.45, 7) is 7.65. The number of nitrogens with zero attached hydrogens (tertiary/aromatic N) is 2. The standard InChI is InChI=1S/C26H38N2/c1-5-13-25(14-6-1)17-9-3-11-19-27-21-23-28(24-22-27)20-12-4-10-18-26-15-7-2-8-16-26/h1-2,5-8,13-16H,3-4,9-12,17-24H2. The van der Waals surface area contributed by atoms with Gasteiger partial charge in [-0.05, 0) is 62.7 Å². The summed E-state index contributed by atoms with van der Waals surface area (Å²) in [4.78, 5) is 5.35. The van der Waals surface area contributed by atoms with Crippen LogP contribution >= 0.6 is 0 Å². The molecule has 0 unspecified atom stereocenters. The molecule has 28 heavy (non-hydrogen) atoms. The van der Waals surface area contributed by atoms with Crippen molar-refractivity contribution in [3.05, 3.63) is 71.8 Å². The van der Waals surface area contributed by atoms with E-state index in [9.17, 15) is 0 Å². The van der Waals surface area contributed by atoms with Gasteiger partial charge in [-0.3, -0.25) is 0 Å². The van der Waals surface area contributed by atoms with E-state index in [-0.39, 0.29) is 0 Å². The quantitative estimate of drug-likeness (QED) is 0.454. The van der Waals surface area contributed by atoms with Gasteiger partial charge in [0.15, 0.2) is 0 Å². The van der Waals surface area contributed by atoms with Crippen LogP contribution < -0.4 is 0 Å². The van der Waals surface area contributed by atoms with Crippen molar-refractivity contribution in [1.29, 1.82) is 0 Å². The van der Waals surface area contributed by atoms with E-state index < -0.39 is 0 Å². The third-order valence-corrected chi connectivity index (χ3v) is 6.03. The van der Waals surface area contributed by atoms with Crippen molar-refractivity contribution in [1.82, 2.24) is 9.80 Å². The molecule has 0 bridgehead atoms. The molecule has 1 fully saturated rings. The highest BCUT2D eigenvalue weighted by atomic mass is 15.3. The minimum absolute atomic E-state index is 1.24. The number of aryl methyl sites for hydroxylation is 2. The summed E-state index contributed by atoms with van der Waals surface area (Å²) in [6, 6.07) is 21.8. The summed E-state index contributed by atoms with van der Waals surface area (Å²) >= 11 is 0. The Morgan fingerprint density at radius 3 is 1.25 bits per heavy atom. The number of rotatable bonds is 12. The molecular weight excluding hydrogens is 340 g/mol. The first-order valence-electron chi connectivity index (χ1n) is 11.4. The normalized spacial score (nSPS) is 15.7. The van der Waals surface area contributed by atoms with Crippen LogP contribution in [0.3, 0.4) is 0 Å². The summed E-state index contributed by atoms with van der Waals surface area (Å²) in [7, 11) is 0. The van der Waals surface area contributed by atoms with Crippen molar-refractivity contribution in [2.24, 2.45) is 0 Å². The maximum Gasteiger partial charge on any atom is 0.0110 e. The van der Waals surface area contributed by atoms with Crippen molar-refractivity contribution in [2.45, 2.75) is 51.4 Å². The fraction of sp³-hybridized carbons (Fsp3) is 0.538. The minimum atomic E-state index is 1.24. The first-order valence-corrected chi connectivity index (χ1v) is 11.4. The SMILES string of the molecule is c1ccc(CCCCCN2CCN(CCCCCc3ccccc3)CC2)cc1. The molecule has 0 radical (unpaired) electrons. The monoisotopic (exact) mass is 378 g/mol. The third kappa shape index (κ3) is 8.16. The van der Waals surface area contributed by atoms with Gasteiger partial charge < -0.3 is 9.80 Å². The zero-order valence-corrected chi connectivity index (χ0v) is 17.6. The molecule has 1 heterocycles. The molecule has 2 heteroatoms. The minimum Gasteiger partial charge on any atom is -0.301 e. The predicted octanol–water partition coefficient (Wildman–Crippen LogP) is 5.43. The highest BCUT2D eigenvalue weighted by Crippen LogP contribution is 2.10. The number of piperazine rings is 1. The van der Waals surface area contributed by atoms with Gasteiger partial charge in [-0.25, -0.2) is 0 Å². The molecular formula is C26H38N2. The van der Waals surface area contributed by atoms with Gasteiger partial charge in [-0.1, -0.05) is 73.5 Å². The van der Waals surface area contributed by atoms with Crippen LogP contribution in [-0.4, -0.2) is 49.1 Å². The molecule has 0 aliphatic carbocycles. The van der Waals surface area contributed by atoms with Crippen LogP contribution in [0.25, 0.3) is 0 Å². The number of unbranched alkanes of at least 4 members (excludes halogenated alkanes) is 4. The maximum atomic E-state index is 2.68. The second kappa shape index (κ2) is 12.7. The van der Waals surface area contributed by atoms with Crippen molar-refractivity contribution >= 4 is 0 Å². The van der Waals surface area contributed by atoms with E-state index >= 15 is 0 Å². The van der Waals surface area contributed by atoms with E-state index in [1.807, 2.05) is 0 Å². The lowest BCUT2D eigenvalue weighted by atomic mass is 10.1. The molecule has 1 saturated heterocycles. The fourth-order valence-corrected chi connectivity index (χ4v) is 4.21. The van der Waals surface area contributed by atoms with E-state index in [4.69, 9.17) is 0 Å². The Kier molecular flexibility index (Phi) is 9.60. The number of hydrogen-bond donors (Lipinski definition) is 0. The van der Waals surface area contributed by atoms with E-state index in [0.29, 0.717) is 0 Å². The molecule has 0 saturated carbocycles. The topological polar surface area (TPSA) is 6.48 Å². The van der Waals surface area contributed by atoms with Crippen LogP contribution in [0.4, 0.5) is 0 Å². The van der Waals surface area contributed by atoms with Gasteiger partial charge in [0, 0.05) is 26.2 Å². The lowest BCUT2D eigenvalue weighted by molar-refractivity contribution is 0.129. The van der Waals surface area contributed by atoms with E-state index in [1.54, 1.807) is 0 Å². The Morgan fingerprint density at radius 2 is 0.857 bits per heavy atom. The largest absolute Gasteiger partial charge is 0.301 e. The van der Waals surface area contributed by atoms with Gasteiger partial charge in [0.2, 0.25) is 0 Å². The zero-order valence-electron chi connectivity index (χ0n) is 17.6. The van der Waals surface area contributed by atoms with Crippen LogP contribution in [0.1, 0.15) is 49.7 Å². The molecule has 1 aliphatic rings. The molecule has 0 aromatic heterocycles. The van der Waals surface area contributed by atoms with E-state index in [1.165, 1.54) is 102 Å². The highest BCUT2D eigenvalue weighted by molar-refractivity contribution is 5.15. The number of hydrogen-bond acceptors (Lipinski definition) is 2. The predicted molar refractivity (Wildman–Crippen MR) is 121 cm³/mol. The van der Waals surface area contributed by atoms with Gasteiger partial charge in [0.1, 0.15) is 0 Å². The molecule has 0 atom stereocenters. The molecule has 0 spiro atoms. The molecule has 2 nitrogen and oxygen atoms in total.